The topological polar surface area (TPSA) is 65.4 Å². The molecule has 1 aromatic carbocycles. The van der Waals surface area contributed by atoms with Crippen LogP contribution < -0.4 is 14.8 Å². The molecule has 0 unspecified atom stereocenters. The molecule has 0 fully saturated rings. The minimum Gasteiger partial charge on any atom is -0.486 e. The van der Waals surface area contributed by atoms with E-state index in [2.05, 4.69) is 31.2 Å². The van der Waals surface area contributed by atoms with Gasteiger partial charge in [0.05, 0.1) is 5.69 Å². The third kappa shape index (κ3) is 4.36. The SMILES string of the molecule is Cn1nc(C(C)(C)C)cc1NC(=O)CCCc1ccc2c(c1)OCCO2. The van der Waals surface area contributed by atoms with Gasteiger partial charge < -0.3 is 14.8 Å². The molecular formula is C20H27N3O3. The first-order valence-electron chi connectivity index (χ1n) is 9.06. The summed E-state index contributed by atoms with van der Waals surface area (Å²) in [6.45, 7) is 7.49. The second kappa shape index (κ2) is 7.40. The predicted octanol–water partition coefficient (Wildman–Crippen LogP) is 3.45. The van der Waals surface area contributed by atoms with E-state index in [0.29, 0.717) is 19.6 Å². The number of carbonyl (C=O) groups is 1. The standard InChI is InChI=1S/C20H27N3O3/c1-20(2,3)17-13-18(23(4)22-17)21-19(24)7-5-6-14-8-9-15-16(12-14)26-11-10-25-15/h8-9,12-13H,5-7,10-11H2,1-4H3,(H,21,24). The number of amides is 1. The van der Waals surface area contributed by atoms with Crippen molar-refractivity contribution in [1.82, 2.24) is 9.78 Å². The van der Waals surface area contributed by atoms with Gasteiger partial charge in [-0.3, -0.25) is 9.48 Å². The van der Waals surface area contributed by atoms with E-state index in [0.717, 1.165) is 41.4 Å². The highest BCUT2D eigenvalue weighted by atomic mass is 16.6. The van der Waals surface area contributed by atoms with E-state index < -0.39 is 0 Å². The van der Waals surface area contributed by atoms with Crippen LogP contribution >= 0.6 is 0 Å². The Morgan fingerprint density at radius 1 is 1.19 bits per heavy atom. The first kappa shape index (κ1) is 18.3. The van der Waals surface area contributed by atoms with Gasteiger partial charge in [-0.05, 0) is 30.5 Å². The van der Waals surface area contributed by atoms with E-state index in [9.17, 15) is 4.79 Å². The lowest BCUT2D eigenvalue weighted by Crippen LogP contribution is -2.15. The number of rotatable bonds is 5. The van der Waals surface area contributed by atoms with Crippen molar-refractivity contribution >= 4 is 11.7 Å². The lowest BCUT2D eigenvalue weighted by Gasteiger charge is -2.18. The van der Waals surface area contributed by atoms with E-state index in [4.69, 9.17) is 9.47 Å². The van der Waals surface area contributed by atoms with Gasteiger partial charge in [0.1, 0.15) is 19.0 Å². The molecule has 0 radical (unpaired) electrons. The monoisotopic (exact) mass is 357 g/mol. The number of aromatic nitrogens is 2. The van der Waals surface area contributed by atoms with Crippen LogP contribution in [0.4, 0.5) is 5.82 Å². The second-order valence-corrected chi connectivity index (χ2v) is 7.67. The molecule has 1 aliphatic rings. The molecule has 0 bridgehead atoms. The number of benzene rings is 1. The molecule has 3 rings (SSSR count). The van der Waals surface area contributed by atoms with Crippen molar-refractivity contribution in [3.05, 3.63) is 35.5 Å². The molecule has 140 valence electrons. The first-order valence-corrected chi connectivity index (χ1v) is 9.06. The maximum atomic E-state index is 12.2. The summed E-state index contributed by atoms with van der Waals surface area (Å²) >= 11 is 0. The van der Waals surface area contributed by atoms with Gasteiger partial charge in [-0.25, -0.2) is 0 Å². The van der Waals surface area contributed by atoms with Crippen LogP contribution in [0.15, 0.2) is 24.3 Å². The Hall–Kier alpha value is -2.50. The zero-order chi connectivity index (χ0) is 18.7. The van der Waals surface area contributed by atoms with E-state index in [1.165, 1.54) is 0 Å². The van der Waals surface area contributed by atoms with Gasteiger partial charge in [-0.2, -0.15) is 5.10 Å². The normalized spacial score (nSPS) is 13.5. The summed E-state index contributed by atoms with van der Waals surface area (Å²) in [4.78, 5) is 12.2. The van der Waals surface area contributed by atoms with E-state index in [1.54, 1.807) is 4.68 Å². The summed E-state index contributed by atoms with van der Waals surface area (Å²) in [6.07, 6.45) is 2.06. The molecular weight excluding hydrogens is 330 g/mol. The van der Waals surface area contributed by atoms with Gasteiger partial charge >= 0.3 is 0 Å². The lowest BCUT2D eigenvalue weighted by atomic mass is 9.92. The van der Waals surface area contributed by atoms with Crippen LogP contribution in [-0.4, -0.2) is 28.9 Å². The highest BCUT2D eigenvalue weighted by Gasteiger charge is 2.19. The van der Waals surface area contributed by atoms with Gasteiger partial charge in [-0.15, -0.1) is 0 Å². The van der Waals surface area contributed by atoms with Crippen molar-refractivity contribution in [1.29, 1.82) is 0 Å². The quantitative estimate of drug-likeness (QED) is 0.890. The second-order valence-electron chi connectivity index (χ2n) is 7.67. The average Bonchev–Trinajstić information content (AvgIpc) is 2.96. The highest BCUT2D eigenvalue weighted by Crippen LogP contribution is 2.31. The van der Waals surface area contributed by atoms with Gasteiger partial charge in [0.2, 0.25) is 5.91 Å². The Morgan fingerprint density at radius 2 is 1.92 bits per heavy atom. The third-order valence-electron chi connectivity index (χ3n) is 4.39. The van der Waals surface area contributed by atoms with Crippen LogP contribution in [0.25, 0.3) is 0 Å². The number of aryl methyl sites for hydroxylation is 2. The van der Waals surface area contributed by atoms with Crippen molar-refractivity contribution in [2.45, 2.75) is 45.4 Å². The molecule has 6 heteroatoms. The molecule has 6 nitrogen and oxygen atoms in total. The summed E-state index contributed by atoms with van der Waals surface area (Å²) in [5.41, 5.74) is 2.07. The third-order valence-corrected chi connectivity index (χ3v) is 4.39. The number of ether oxygens (including phenoxy) is 2. The van der Waals surface area contributed by atoms with Gasteiger partial charge in [0.15, 0.2) is 11.5 Å². The minimum atomic E-state index is -0.0427. The van der Waals surface area contributed by atoms with Gasteiger partial charge in [0, 0.05) is 24.9 Å². The Kier molecular flexibility index (Phi) is 5.20. The van der Waals surface area contributed by atoms with E-state index in [1.807, 2.05) is 31.3 Å². The highest BCUT2D eigenvalue weighted by molar-refractivity contribution is 5.89. The fourth-order valence-electron chi connectivity index (χ4n) is 2.85. The number of hydrogen-bond donors (Lipinski definition) is 1. The van der Waals surface area contributed by atoms with E-state index >= 15 is 0 Å². The molecule has 26 heavy (non-hydrogen) atoms. The number of anilines is 1. The van der Waals surface area contributed by atoms with E-state index in [-0.39, 0.29) is 11.3 Å². The summed E-state index contributed by atoms with van der Waals surface area (Å²) in [6, 6.07) is 7.91. The number of hydrogen-bond acceptors (Lipinski definition) is 4. The molecule has 2 heterocycles. The van der Waals surface area contributed by atoms with Crippen molar-refractivity contribution in [3.63, 3.8) is 0 Å². The van der Waals surface area contributed by atoms with Crippen molar-refractivity contribution in [2.75, 3.05) is 18.5 Å². The van der Waals surface area contributed by atoms with Gasteiger partial charge in [0.25, 0.3) is 0 Å². The lowest BCUT2D eigenvalue weighted by molar-refractivity contribution is -0.116. The summed E-state index contributed by atoms with van der Waals surface area (Å²) in [5, 5.41) is 7.44. The number of nitrogens with zero attached hydrogens (tertiary/aromatic N) is 2. The largest absolute Gasteiger partial charge is 0.486 e. The minimum absolute atomic E-state index is 0.00556. The molecule has 1 amide bonds. The Labute approximate surface area is 154 Å². The Bertz CT molecular complexity index is 790. The summed E-state index contributed by atoms with van der Waals surface area (Å²) in [5.74, 6) is 2.33. The zero-order valence-electron chi connectivity index (χ0n) is 16.0. The van der Waals surface area contributed by atoms with Crippen molar-refractivity contribution in [3.8, 4) is 11.5 Å². The summed E-state index contributed by atoms with van der Waals surface area (Å²) < 4.78 is 12.8. The van der Waals surface area contributed by atoms with Crippen molar-refractivity contribution < 1.29 is 14.3 Å². The molecule has 0 spiro atoms. The molecule has 1 N–H and O–H groups in total. The summed E-state index contributed by atoms with van der Waals surface area (Å²) in [7, 11) is 1.85. The van der Waals surface area contributed by atoms with Crippen LogP contribution in [0.1, 0.15) is 44.9 Å². The van der Waals surface area contributed by atoms with Crippen LogP contribution in [-0.2, 0) is 23.7 Å². The molecule has 0 saturated carbocycles. The zero-order valence-corrected chi connectivity index (χ0v) is 16.0. The molecule has 0 atom stereocenters. The maximum absolute atomic E-state index is 12.2. The van der Waals surface area contributed by atoms with Crippen LogP contribution in [0, 0.1) is 0 Å². The Balaban J connectivity index is 1.51. The molecule has 0 saturated heterocycles. The maximum Gasteiger partial charge on any atom is 0.225 e. The number of fused-ring (bicyclic) bond motifs is 1. The Morgan fingerprint density at radius 3 is 2.62 bits per heavy atom. The first-order chi connectivity index (χ1) is 12.3. The molecule has 0 aliphatic carbocycles. The van der Waals surface area contributed by atoms with Crippen LogP contribution in [0.5, 0.6) is 11.5 Å². The van der Waals surface area contributed by atoms with Crippen molar-refractivity contribution in [2.24, 2.45) is 7.05 Å². The van der Waals surface area contributed by atoms with Gasteiger partial charge in [-0.1, -0.05) is 26.8 Å². The molecule has 1 aromatic heterocycles. The predicted molar refractivity (Wildman–Crippen MR) is 101 cm³/mol. The average molecular weight is 357 g/mol. The number of nitrogens with one attached hydrogen (secondary N) is 1. The fraction of sp³-hybridized carbons (Fsp3) is 0.500. The fourth-order valence-corrected chi connectivity index (χ4v) is 2.85. The molecule has 1 aliphatic heterocycles. The van der Waals surface area contributed by atoms with Crippen LogP contribution in [0.3, 0.4) is 0 Å². The molecule has 2 aromatic rings. The number of carbonyl (C=O) groups excluding carboxylic acids is 1. The van der Waals surface area contributed by atoms with Crippen LogP contribution in [0.2, 0.25) is 0 Å². The smallest absolute Gasteiger partial charge is 0.225 e.